The maximum atomic E-state index is 11.8. The van der Waals surface area contributed by atoms with Crippen molar-refractivity contribution in [1.29, 1.82) is 0 Å². The summed E-state index contributed by atoms with van der Waals surface area (Å²) in [5, 5.41) is 10.4. The van der Waals surface area contributed by atoms with Gasteiger partial charge in [-0.25, -0.2) is 4.98 Å². The minimum Gasteiger partial charge on any atom is -0.352 e. The van der Waals surface area contributed by atoms with Gasteiger partial charge in [-0.2, -0.15) is 0 Å². The van der Waals surface area contributed by atoms with Gasteiger partial charge < -0.3 is 16.0 Å². The fourth-order valence-electron chi connectivity index (χ4n) is 2.34. The number of benzene rings is 1. The van der Waals surface area contributed by atoms with Gasteiger partial charge in [-0.3, -0.25) is 9.79 Å². The average molecular weight is 487 g/mol. The molecule has 8 heteroatoms. The van der Waals surface area contributed by atoms with Crippen molar-refractivity contribution in [2.24, 2.45) is 4.99 Å². The Balaban J connectivity index is 0.00000338. The number of aromatic nitrogens is 1. The summed E-state index contributed by atoms with van der Waals surface area (Å²) in [5.41, 5.74) is 2.82. The number of nitrogens with zero attached hydrogens (tertiary/aromatic N) is 2. The predicted molar refractivity (Wildman–Crippen MR) is 118 cm³/mol. The van der Waals surface area contributed by atoms with E-state index in [0.29, 0.717) is 25.2 Å². The Morgan fingerprint density at radius 2 is 1.77 bits per heavy atom. The summed E-state index contributed by atoms with van der Waals surface area (Å²) in [7, 11) is 1.75. The summed E-state index contributed by atoms with van der Waals surface area (Å²) >= 11 is 1.70. The zero-order valence-corrected chi connectivity index (χ0v) is 18.7. The van der Waals surface area contributed by atoms with E-state index in [1.165, 1.54) is 4.88 Å². The van der Waals surface area contributed by atoms with Crippen LogP contribution < -0.4 is 16.0 Å². The number of thiazole rings is 1. The number of aryl methyl sites for hydroxylation is 2. The molecule has 1 aromatic carbocycles. The molecular formula is C18H26IN5OS. The third-order valence-electron chi connectivity index (χ3n) is 3.65. The molecule has 0 saturated heterocycles. The van der Waals surface area contributed by atoms with Gasteiger partial charge in [0.25, 0.3) is 5.91 Å². The third kappa shape index (κ3) is 6.56. The Labute approximate surface area is 175 Å². The number of carbonyl (C=O) groups excluding carboxylic acids is 1. The van der Waals surface area contributed by atoms with Gasteiger partial charge in [0.2, 0.25) is 0 Å². The van der Waals surface area contributed by atoms with Crippen molar-refractivity contribution in [2.45, 2.75) is 33.9 Å². The van der Waals surface area contributed by atoms with Crippen LogP contribution in [0.15, 0.2) is 29.3 Å². The fraction of sp³-hybridized carbons (Fsp3) is 0.389. The zero-order valence-electron chi connectivity index (χ0n) is 15.5. The van der Waals surface area contributed by atoms with Crippen LogP contribution in [0, 0.1) is 13.8 Å². The van der Waals surface area contributed by atoms with Gasteiger partial charge in [0.05, 0.1) is 17.2 Å². The quantitative estimate of drug-likeness (QED) is 0.333. The molecule has 1 heterocycles. The average Bonchev–Trinajstić information content (AvgIpc) is 2.93. The van der Waals surface area contributed by atoms with Crippen molar-refractivity contribution in [3.05, 3.63) is 51.0 Å². The molecule has 0 saturated carbocycles. The molecule has 6 nitrogen and oxygen atoms in total. The molecule has 0 unspecified atom stereocenters. The van der Waals surface area contributed by atoms with Crippen LogP contribution in [0.5, 0.6) is 0 Å². The van der Waals surface area contributed by atoms with Crippen molar-refractivity contribution in [1.82, 2.24) is 20.9 Å². The number of hydrogen-bond donors (Lipinski definition) is 3. The minimum atomic E-state index is -0.0466. The van der Waals surface area contributed by atoms with Crippen LogP contribution in [-0.2, 0) is 13.1 Å². The van der Waals surface area contributed by atoms with Crippen LogP contribution in [0.3, 0.4) is 0 Å². The Hall–Kier alpha value is -1.68. The number of hydrogen-bond acceptors (Lipinski definition) is 4. The lowest BCUT2D eigenvalue weighted by molar-refractivity contribution is 0.0956. The first-order valence-electron chi connectivity index (χ1n) is 8.28. The van der Waals surface area contributed by atoms with E-state index >= 15 is 0 Å². The molecule has 0 radical (unpaired) electrons. The summed E-state index contributed by atoms with van der Waals surface area (Å²) in [4.78, 5) is 21.6. The van der Waals surface area contributed by atoms with E-state index in [2.05, 4.69) is 25.9 Å². The number of guanidine groups is 1. The summed E-state index contributed by atoms with van der Waals surface area (Å²) in [6.45, 7) is 7.90. The number of aliphatic imine (C=N–C) groups is 1. The second-order valence-electron chi connectivity index (χ2n) is 5.58. The highest BCUT2D eigenvalue weighted by Crippen LogP contribution is 2.16. The molecule has 0 bridgehead atoms. The second-order valence-corrected chi connectivity index (χ2v) is 6.86. The van der Waals surface area contributed by atoms with E-state index < -0.39 is 0 Å². The lowest BCUT2D eigenvalue weighted by Crippen LogP contribution is -2.36. The molecule has 0 aliphatic heterocycles. The Morgan fingerprint density at radius 1 is 1.12 bits per heavy atom. The van der Waals surface area contributed by atoms with Crippen LogP contribution in [-0.4, -0.2) is 30.4 Å². The number of amides is 1. The van der Waals surface area contributed by atoms with Crippen molar-refractivity contribution in [3.63, 3.8) is 0 Å². The molecule has 0 spiro atoms. The lowest BCUT2D eigenvalue weighted by Gasteiger charge is -2.12. The summed E-state index contributed by atoms with van der Waals surface area (Å²) < 4.78 is 0. The molecule has 2 aromatic rings. The number of halogens is 1. The third-order valence-corrected chi connectivity index (χ3v) is 4.73. The molecular weight excluding hydrogens is 461 g/mol. The summed E-state index contributed by atoms with van der Waals surface area (Å²) in [6, 6.07) is 7.56. The maximum Gasteiger partial charge on any atom is 0.251 e. The fourth-order valence-corrected chi connectivity index (χ4v) is 3.22. The number of rotatable bonds is 6. The van der Waals surface area contributed by atoms with E-state index in [-0.39, 0.29) is 29.9 Å². The van der Waals surface area contributed by atoms with Crippen LogP contribution in [0.25, 0.3) is 0 Å². The van der Waals surface area contributed by atoms with Gasteiger partial charge in [0, 0.05) is 30.6 Å². The molecule has 142 valence electrons. The Bertz CT molecular complexity index is 743. The van der Waals surface area contributed by atoms with Crippen LogP contribution >= 0.6 is 35.3 Å². The molecule has 2 rings (SSSR count). The number of carbonyl (C=O) groups is 1. The van der Waals surface area contributed by atoms with Crippen molar-refractivity contribution in [3.8, 4) is 0 Å². The molecule has 0 fully saturated rings. The van der Waals surface area contributed by atoms with E-state index in [9.17, 15) is 4.79 Å². The molecule has 3 N–H and O–H groups in total. The van der Waals surface area contributed by atoms with E-state index in [1.54, 1.807) is 18.4 Å². The normalized spacial score (nSPS) is 10.8. The summed E-state index contributed by atoms with van der Waals surface area (Å²) in [6.07, 6.45) is 0. The smallest absolute Gasteiger partial charge is 0.251 e. The SMILES string of the molecule is CCNC(=O)c1ccc(CNC(=NC)NCc2sc(C)nc2C)cc1.I. The van der Waals surface area contributed by atoms with Gasteiger partial charge in [-0.1, -0.05) is 12.1 Å². The Morgan fingerprint density at radius 3 is 2.31 bits per heavy atom. The van der Waals surface area contributed by atoms with Crippen molar-refractivity contribution >= 4 is 47.2 Å². The molecule has 0 aliphatic rings. The summed E-state index contributed by atoms with van der Waals surface area (Å²) in [5.74, 6) is 0.688. The first-order valence-corrected chi connectivity index (χ1v) is 9.09. The standard InChI is InChI=1S/C18H25N5OS.HI/c1-5-20-17(24)15-8-6-14(7-9-15)10-21-18(19-4)22-11-16-12(2)23-13(3)25-16;/h6-9H,5,10-11H2,1-4H3,(H,20,24)(H2,19,21,22);1H. The van der Waals surface area contributed by atoms with Crippen LogP contribution in [0.2, 0.25) is 0 Å². The molecule has 0 aliphatic carbocycles. The van der Waals surface area contributed by atoms with Gasteiger partial charge >= 0.3 is 0 Å². The maximum absolute atomic E-state index is 11.8. The van der Waals surface area contributed by atoms with Gasteiger partial charge in [0.15, 0.2) is 5.96 Å². The highest BCUT2D eigenvalue weighted by Gasteiger charge is 2.07. The first kappa shape index (κ1) is 22.4. The largest absolute Gasteiger partial charge is 0.352 e. The van der Waals surface area contributed by atoms with E-state index in [1.807, 2.05) is 45.0 Å². The Kier molecular flexibility index (Phi) is 9.57. The molecule has 1 amide bonds. The van der Waals surface area contributed by atoms with Gasteiger partial charge in [-0.05, 0) is 38.5 Å². The monoisotopic (exact) mass is 487 g/mol. The van der Waals surface area contributed by atoms with Crippen molar-refractivity contribution < 1.29 is 4.79 Å². The van der Waals surface area contributed by atoms with E-state index in [4.69, 9.17) is 0 Å². The first-order chi connectivity index (χ1) is 12.0. The lowest BCUT2D eigenvalue weighted by atomic mass is 10.1. The predicted octanol–water partition coefficient (Wildman–Crippen LogP) is 2.99. The minimum absolute atomic E-state index is 0. The molecule has 26 heavy (non-hydrogen) atoms. The van der Waals surface area contributed by atoms with Crippen LogP contribution in [0.1, 0.15) is 38.4 Å². The van der Waals surface area contributed by atoms with Crippen molar-refractivity contribution in [2.75, 3.05) is 13.6 Å². The molecule has 0 atom stereocenters. The highest BCUT2D eigenvalue weighted by atomic mass is 127. The van der Waals surface area contributed by atoms with Crippen LogP contribution in [0.4, 0.5) is 0 Å². The zero-order chi connectivity index (χ0) is 18.2. The highest BCUT2D eigenvalue weighted by molar-refractivity contribution is 14.0. The van der Waals surface area contributed by atoms with E-state index in [0.717, 1.165) is 22.2 Å². The van der Waals surface area contributed by atoms with Gasteiger partial charge in [-0.15, -0.1) is 35.3 Å². The second kappa shape index (κ2) is 11.1. The van der Waals surface area contributed by atoms with Gasteiger partial charge in [0.1, 0.15) is 0 Å². The topological polar surface area (TPSA) is 78.4 Å². The molecule has 1 aromatic heterocycles. The number of nitrogens with one attached hydrogen (secondary N) is 3.